The van der Waals surface area contributed by atoms with E-state index in [1.807, 2.05) is 84.6 Å². The molecule has 30 heavy (non-hydrogen) atoms. The first-order valence-electron chi connectivity index (χ1n) is 11.1. The Bertz CT molecular complexity index is 687. The number of amides is 2. The topological polar surface area (TPSA) is 48.4 Å². The highest BCUT2D eigenvalue weighted by molar-refractivity contribution is 5.83. The third-order valence-electron chi connectivity index (χ3n) is 5.35. The van der Waals surface area contributed by atoms with E-state index in [4.69, 9.17) is 0 Å². The van der Waals surface area contributed by atoms with Crippen molar-refractivity contribution in [1.82, 2.24) is 0 Å². The summed E-state index contributed by atoms with van der Waals surface area (Å²) in [5, 5.41) is 3.32. The molecule has 0 radical (unpaired) electrons. The van der Waals surface area contributed by atoms with Crippen LogP contribution in [-0.2, 0) is 9.59 Å². The molecule has 0 aliphatic heterocycles. The van der Waals surface area contributed by atoms with Gasteiger partial charge in [-0.2, -0.15) is 0 Å². The molecule has 0 aliphatic carbocycles. The summed E-state index contributed by atoms with van der Waals surface area (Å²) in [6.45, 7) is 0. The summed E-state index contributed by atoms with van der Waals surface area (Å²) in [6, 6.07) is 11.5. The molecule has 2 amide bonds. The van der Waals surface area contributed by atoms with Gasteiger partial charge in [0.25, 0.3) is 11.8 Å². The molecule has 162 valence electrons. The molecule has 0 aliphatic rings. The zero-order chi connectivity index (χ0) is 21.6. The van der Waals surface area contributed by atoms with Crippen LogP contribution in [0.1, 0.15) is 64.2 Å². The minimum atomic E-state index is 0.148. The Morgan fingerprint density at radius 2 is 0.833 bits per heavy atom. The summed E-state index contributed by atoms with van der Waals surface area (Å²) in [4.78, 5) is 24.4. The predicted octanol–water partition coefficient (Wildman–Crippen LogP) is 3.05. The number of carbonyl (C=O) groups is 2. The van der Waals surface area contributed by atoms with Crippen LogP contribution in [-0.4, -0.2) is 25.9 Å². The SMILES string of the molecule is CN(C(=O)CCCCCCCCCCC(=O)N(C)[n+]1ccccc1)[n+]1ccccc1. The van der Waals surface area contributed by atoms with E-state index in [0.717, 1.165) is 25.7 Å². The van der Waals surface area contributed by atoms with Crippen molar-refractivity contribution in [3.63, 3.8) is 0 Å². The van der Waals surface area contributed by atoms with Crippen molar-refractivity contribution in [2.45, 2.75) is 64.2 Å². The Kier molecular flexibility index (Phi) is 10.6. The lowest BCUT2D eigenvalue weighted by Gasteiger charge is -2.10. The Balaban J connectivity index is 1.45. The van der Waals surface area contributed by atoms with Crippen LogP contribution < -0.4 is 19.4 Å². The van der Waals surface area contributed by atoms with Crippen LogP contribution in [0.5, 0.6) is 0 Å². The van der Waals surface area contributed by atoms with E-state index < -0.39 is 0 Å². The molecule has 0 atom stereocenters. The van der Waals surface area contributed by atoms with Crippen molar-refractivity contribution in [1.29, 1.82) is 0 Å². The third-order valence-corrected chi connectivity index (χ3v) is 5.35. The van der Waals surface area contributed by atoms with Crippen molar-refractivity contribution >= 4 is 11.8 Å². The maximum atomic E-state index is 12.2. The van der Waals surface area contributed by atoms with Gasteiger partial charge in [0.15, 0.2) is 24.8 Å². The van der Waals surface area contributed by atoms with Gasteiger partial charge >= 0.3 is 0 Å². The Morgan fingerprint density at radius 1 is 0.533 bits per heavy atom. The van der Waals surface area contributed by atoms with Crippen LogP contribution in [0.15, 0.2) is 61.2 Å². The highest BCUT2D eigenvalue weighted by Gasteiger charge is 2.16. The van der Waals surface area contributed by atoms with Crippen molar-refractivity contribution in [3.8, 4) is 0 Å². The molecule has 0 aromatic carbocycles. The number of hydrogen-bond donors (Lipinski definition) is 0. The largest absolute Gasteiger partial charge is 0.277 e. The van der Waals surface area contributed by atoms with Gasteiger partial charge in [-0.3, -0.25) is 9.59 Å². The van der Waals surface area contributed by atoms with Gasteiger partial charge in [0.2, 0.25) is 0 Å². The molecule has 2 aromatic rings. The number of carbonyl (C=O) groups excluding carboxylic acids is 2. The summed E-state index contributed by atoms with van der Waals surface area (Å²) in [5.41, 5.74) is 0. The van der Waals surface area contributed by atoms with E-state index in [0.29, 0.717) is 12.8 Å². The molecule has 0 spiro atoms. The van der Waals surface area contributed by atoms with Crippen molar-refractivity contribution in [2.75, 3.05) is 24.1 Å². The van der Waals surface area contributed by atoms with Gasteiger partial charge in [-0.15, -0.1) is 10.0 Å². The molecule has 2 rings (SSSR count). The standard InChI is InChI=1S/C24H36N4O2/c1-25(27-19-13-9-14-20-27)23(29)17-11-7-5-3-4-6-8-12-18-24(30)26(2)28-21-15-10-16-22-28/h9-10,13-16,19-22H,3-8,11-12,17-18H2,1-2H3/q+2. The predicted molar refractivity (Wildman–Crippen MR) is 118 cm³/mol. The lowest BCUT2D eigenvalue weighted by Crippen LogP contribution is -2.57. The first-order valence-corrected chi connectivity index (χ1v) is 11.1. The van der Waals surface area contributed by atoms with Crippen molar-refractivity contribution < 1.29 is 18.9 Å². The van der Waals surface area contributed by atoms with Crippen LogP contribution >= 0.6 is 0 Å². The third kappa shape index (κ3) is 8.31. The highest BCUT2D eigenvalue weighted by atomic mass is 16.2. The summed E-state index contributed by atoms with van der Waals surface area (Å²) >= 11 is 0. The fourth-order valence-electron chi connectivity index (χ4n) is 3.37. The van der Waals surface area contributed by atoms with E-state index in [-0.39, 0.29) is 11.8 Å². The van der Waals surface area contributed by atoms with Gasteiger partial charge in [-0.1, -0.05) is 60.0 Å². The molecule has 6 nitrogen and oxygen atoms in total. The maximum Gasteiger partial charge on any atom is 0.277 e. The van der Waals surface area contributed by atoms with Crippen LogP contribution in [0.3, 0.4) is 0 Å². The summed E-state index contributed by atoms with van der Waals surface area (Å²) in [5.74, 6) is 0.295. The number of hydrogen-bond acceptors (Lipinski definition) is 2. The molecule has 2 heterocycles. The minimum absolute atomic E-state index is 0.148. The number of unbranched alkanes of at least 4 members (excludes halogenated alkanes) is 7. The average molecular weight is 413 g/mol. The Hall–Kier alpha value is -2.76. The molecule has 0 unspecified atom stereocenters. The molecule has 0 N–H and O–H groups in total. The number of rotatable bonds is 13. The molecule has 0 saturated carbocycles. The summed E-state index contributed by atoms with van der Waals surface area (Å²) in [6.07, 6.45) is 17.5. The van der Waals surface area contributed by atoms with Gasteiger partial charge in [0, 0.05) is 37.1 Å². The Morgan fingerprint density at radius 3 is 1.17 bits per heavy atom. The zero-order valence-corrected chi connectivity index (χ0v) is 18.4. The first-order chi connectivity index (χ1) is 14.6. The second-order valence-corrected chi connectivity index (χ2v) is 7.67. The zero-order valence-electron chi connectivity index (χ0n) is 18.4. The second-order valence-electron chi connectivity index (χ2n) is 7.67. The fourth-order valence-corrected chi connectivity index (χ4v) is 3.37. The highest BCUT2D eigenvalue weighted by Crippen LogP contribution is 2.11. The quantitative estimate of drug-likeness (QED) is 0.375. The van der Waals surface area contributed by atoms with E-state index in [9.17, 15) is 9.59 Å². The second kappa shape index (κ2) is 13.5. The summed E-state index contributed by atoms with van der Waals surface area (Å²) < 4.78 is 3.62. The van der Waals surface area contributed by atoms with Gasteiger partial charge < -0.3 is 0 Å². The van der Waals surface area contributed by atoms with Crippen LogP contribution in [0.4, 0.5) is 0 Å². The van der Waals surface area contributed by atoms with Gasteiger partial charge in [0.1, 0.15) is 0 Å². The van der Waals surface area contributed by atoms with E-state index in [1.165, 1.54) is 25.7 Å². The molecule has 0 bridgehead atoms. The number of nitrogens with zero attached hydrogens (tertiary/aromatic N) is 4. The monoisotopic (exact) mass is 412 g/mol. The summed E-state index contributed by atoms with van der Waals surface area (Å²) in [7, 11) is 3.62. The van der Waals surface area contributed by atoms with Crippen molar-refractivity contribution in [3.05, 3.63) is 61.2 Å². The average Bonchev–Trinajstić information content (AvgIpc) is 2.80. The Labute approximate surface area is 180 Å². The van der Waals surface area contributed by atoms with Crippen LogP contribution in [0, 0.1) is 0 Å². The van der Waals surface area contributed by atoms with Crippen LogP contribution in [0.25, 0.3) is 0 Å². The lowest BCUT2D eigenvalue weighted by molar-refractivity contribution is -0.680. The number of aromatic nitrogens is 2. The maximum absolute atomic E-state index is 12.2. The molecular formula is C24H36N4O2+2. The van der Waals surface area contributed by atoms with Crippen molar-refractivity contribution in [2.24, 2.45) is 0 Å². The van der Waals surface area contributed by atoms with E-state index in [1.54, 1.807) is 10.0 Å². The van der Waals surface area contributed by atoms with Gasteiger partial charge in [0.05, 0.1) is 14.1 Å². The van der Waals surface area contributed by atoms with Gasteiger partial charge in [-0.05, 0) is 12.8 Å². The number of pyridine rings is 2. The lowest BCUT2D eigenvalue weighted by atomic mass is 10.1. The minimum Gasteiger partial charge on any atom is -0.269 e. The smallest absolute Gasteiger partial charge is 0.269 e. The van der Waals surface area contributed by atoms with E-state index in [2.05, 4.69) is 0 Å². The molecule has 0 fully saturated rings. The van der Waals surface area contributed by atoms with E-state index >= 15 is 0 Å². The normalized spacial score (nSPS) is 10.6. The van der Waals surface area contributed by atoms with Crippen LogP contribution in [0.2, 0.25) is 0 Å². The molecule has 0 saturated heterocycles. The first kappa shape index (κ1) is 23.5. The van der Waals surface area contributed by atoms with Gasteiger partial charge in [-0.25, -0.2) is 0 Å². The fraction of sp³-hybridized carbons (Fsp3) is 0.500. The molecular weight excluding hydrogens is 376 g/mol. The molecule has 2 aromatic heterocycles. The molecule has 6 heteroatoms.